The second-order valence-electron chi connectivity index (χ2n) is 5.92. The molecule has 1 saturated heterocycles. The quantitative estimate of drug-likeness (QED) is 0.673. The minimum atomic E-state index is -0.630. The monoisotopic (exact) mass is 387 g/mol. The van der Waals surface area contributed by atoms with Gasteiger partial charge in [0.1, 0.15) is 5.52 Å². The number of nitrogen functional groups attached to an aromatic ring is 1. The molecule has 4 rings (SSSR count). The van der Waals surface area contributed by atoms with E-state index >= 15 is 0 Å². The summed E-state index contributed by atoms with van der Waals surface area (Å²) in [5, 5.41) is 4.09. The zero-order chi connectivity index (χ0) is 18.8. The molecule has 0 saturated carbocycles. The SMILES string of the molecule is C[C@H]1CN(OC(=O)Nc2ncccn2)CCN1c1nc(N)nc2scnc12. The molecule has 3 aromatic heterocycles. The van der Waals surface area contributed by atoms with Gasteiger partial charge in [0.25, 0.3) is 0 Å². The molecule has 0 bridgehead atoms. The molecule has 3 aromatic rings. The summed E-state index contributed by atoms with van der Waals surface area (Å²) in [5.41, 5.74) is 8.29. The molecular weight excluding hydrogens is 370 g/mol. The number of nitrogens with zero attached hydrogens (tertiary/aromatic N) is 7. The number of piperazine rings is 1. The van der Waals surface area contributed by atoms with Crippen molar-refractivity contribution in [2.75, 3.05) is 35.6 Å². The largest absolute Gasteiger partial charge is 0.433 e. The molecule has 0 radical (unpaired) electrons. The molecule has 11 nitrogen and oxygen atoms in total. The first-order chi connectivity index (χ1) is 13.1. The number of anilines is 3. The molecule has 140 valence electrons. The van der Waals surface area contributed by atoms with Gasteiger partial charge in [-0.25, -0.2) is 24.7 Å². The lowest BCUT2D eigenvalue weighted by molar-refractivity contribution is -0.103. The lowest BCUT2D eigenvalue weighted by Crippen LogP contribution is -2.53. The van der Waals surface area contributed by atoms with E-state index in [-0.39, 0.29) is 17.9 Å². The fourth-order valence-corrected chi connectivity index (χ4v) is 3.54. The third kappa shape index (κ3) is 3.71. The van der Waals surface area contributed by atoms with E-state index in [1.165, 1.54) is 23.7 Å². The molecule has 3 N–H and O–H groups in total. The number of thiazole rings is 1. The maximum Gasteiger partial charge on any atom is 0.433 e. The molecule has 0 aromatic carbocycles. The Kier molecular flexibility index (Phi) is 4.64. The van der Waals surface area contributed by atoms with Crippen LogP contribution >= 0.6 is 11.3 Å². The van der Waals surface area contributed by atoms with Gasteiger partial charge in [0.05, 0.1) is 18.6 Å². The third-order valence-corrected chi connectivity index (χ3v) is 4.77. The van der Waals surface area contributed by atoms with Crippen LogP contribution in [0.1, 0.15) is 6.92 Å². The predicted octanol–water partition coefficient (Wildman–Crippen LogP) is 1.13. The average Bonchev–Trinajstić information content (AvgIpc) is 3.10. The van der Waals surface area contributed by atoms with Crippen molar-refractivity contribution in [3.8, 4) is 0 Å². The molecule has 12 heteroatoms. The van der Waals surface area contributed by atoms with E-state index in [1.807, 2.05) is 6.92 Å². The Morgan fingerprint density at radius 2 is 2.11 bits per heavy atom. The lowest BCUT2D eigenvalue weighted by Gasteiger charge is -2.39. The number of amides is 1. The van der Waals surface area contributed by atoms with E-state index in [4.69, 9.17) is 10.6 Å². The van der Waals surface area contributed by atoms with Gasteiger partial charge in [-0.3, -0.25) is 5.32 Å². The Hall–Kier alpha value is -3.12. The highest BCUT2D eigenvalue weighted by molar-refractivity contribution is 7.16. The maximum absolute atomic E-state index is 12.0. The number of rotatable bonds is 3. The first-order valence-electron chi connectivity index (χ1n) is 8.24. The number of carbonyl (C=O) groups excluding carboxylic acids is 1. The van der Waals surface area contributed by atoms with Crippen molar-refractivity contribution in [3.05, 3.63) is 24.0 Å². The van der Waals surface area contributed by atoms with Gasteiger partial charge in [-0.15, -0.1) is 16.4 Å². The van der Waals surface area contributed by atoms with E-state index in [1.54, 1.807) is 16.6 Å². The summed E-state index contributed by atoms with van der Waals surface area (Å²) in [6, 6.07) is 1.69. The number of nitrogens with one attached hydrogen (secondary N) is 1. The first-order valence-corrected chi connectivity index (χ1v) is 9.12. The molecule has 1 amide bonds. The van der Waals surface area contributed by atoms with Crippen LogP contribution in [0.2, 0.25) is 0 Å². The van der Waals surface area contributed by atoms with Crippen LogP contribution in [-0.2, 0) is 4.84 Å². The summed E-state index contributed by atoms with van der Waals surface area (Å²) in [5.74, 6) is 1.11. The minimum absolute atomic E-state index is 0.0266. The van der Waals surface area contributed by atoms with Crippen LogP contribution in [-0.4, -0.2) is 61.8 Å². The van der Waals surface area contributed by atoms with Crippen molar-refractivity contribution in [3.63, 3.8) is 0 Å². The second-order valence-corrected chi connectivity index (χ2v) is 6.75. The lowest BCUT2D eigenvalue weighted by atomic mass is 10.2. The topological polar surface area (TPSA) is 135 Å². The molecule has 1 fully saturated rings. The van der Waals surface area contributed by atoms with E-state index in [0.29, 0.717) is 25.5 Å². The normalized spacial score (nSPS) is 17.8. The van der Waals surface area contributed by atoms with E-state index < -0.39 is 6.09 Å². The van der Waals surface area contributed by atoms with Gasteiger partial charge in [-0.1, -0.05) is 0 Å². The van der Waals surface area contributed by atoms with E-state index in [2.05, 4.69) is 35.1 Å². The third-order valence-electron chi connectivity index (χ3n) is 4.05. The highest BCUT2D eigenvalue weighted by Gasteiger charge is 2.29. The Balaban J connectivity index is 1.42. The van der Waals surface area contributed by atoms with Crippen LogP contribution in [0.15, 0.2) is 24.0 Å². The molecule has 1 aliphatic rings. The zero-order valence-corrected chi connectivity index (χ0v) is 15.3. The van der Waals surface area contributed by atoms with Crippen molar-refractivity contribution >= 4 is 45.5 Å². The van der Waals surface area contributed by atoms with Crippen molar-refractivity contribution in [2.45, 2.75) is 13.0 Å². The summed E-state index contributed by atoms with van der Waals surface area (Å²) in [4.78, 5) is 41.0. The standard InChI is InChI=1S/C15H17N9O2S/c1-9-7-23(26-15(25)22-14-17-3-2-4-18-14)5-6-24(9)11-10-12(27-8-19-10)21-13(16)20-11/h2-4,8-9H,5-7H2,1H3,(H2,16,20,21)(H,17,18,22,25)/t9-/m0/s1. The fraction of sp³-hybridized carbons (Fsp3) is 0.333. The Bertz CT molecular complexity index is 951. The Morgan fingerprint density at radius 1 is 1.30 bits per heavy atom. The van der Waals surface area contributed by atoms with Crippen molar-refractivity contribution in [1.82, 2.24) is 30.0 Å². The molecule has 4 heterocycles. The minimum Gasteiger partial charge on any atom is -0.368 e. The highest BCUT2D eigenvalue weighted by atomic mass is 32.1. The maximum atomic E-state index is 12.0. The number of hydroxylamine groups is 2. The number of hydrogen-bond acceptors (Lipinski definition) is 11. The van der Waals surface area contributed by atoms with Crippen LogP contribution in [0.5, 0.6) is 0 Å². The van der Waals surface area contributed by atoms with Gasteiger partial charge in [0, 0.05) is 25.0 Å². The molecule has 1 aliphatic heterocycles. The first kappa shape index (κ1) is 17.3. The van der Waals surface area contributed by atoms with Crippen LogP contribution in [0.3, 0.4) is 0 Å². The smallest absolute Gasteiger partial charge is 0.368 e. The van der Waals surface area contributed by atoms with Gasteiger partial charge in [0.2, 0.25) is 11.9 Å². The van der Waals surface area contributed by atoms with E-state index in [9.17, 15) is 4.79 Å². The molecule has 27 heavy (non-hydrogen) atoms. The summed E-state index contributed by atoms with van der Waals surface area (Å²) in [6.45, 7) is 3.62. The van der Waals surface area contributed by atoms with Gasteiger partial charge < -0.3 is 15.5 Å². The molecule has 0 spiro atoms. The number of hydrogen-bond donors (Lipinski definition) is 2. The van der Waals surface area contributed by atoms with Crippen LogP contribution in [0.25, 0.3) is 10.3 Å². The molecular formula is C15H17N9O2S. The van der Waals surface area contributed by atoms with Gasteiger partial charge in [0.15, 0.2) is 10.6 Å². The van der Waals surface area contributed by atoms with E-state index in [0.717, 1.165) is 10.3 Å². The fourth-order valence-electron chi connectivity index (χ4n) is 2.88. The Morgan fingerprint density at radius 3 is 2.89 bits per heavy atom. The highest BCUT2D eigenvalue weighted by Crippen LogP contribution is 2.28. The number of nitrogens with two attached hydrogens (primary N) is 1. The van der Waals surface area contributed by atoms with Crippen molar-refractivity contribution in [1.29, 1.82) is 0 Å². The zero-order valence-electron chi connectivity index (χ0n) is 14.4. The molecule has 0 unspecified atom stereocenters. The van der Waals surface area contributed by atoms with Gasteiger partial charge in [-0.05, 0) is 13.0 Å². The summed E-state index contributed by atoms with van der Waals surface area (Å²) in [7, 11) is 0. The summed E-state index contributed by atoms with van der Waals surface area (Å²) in [6.07, 6.45) is 2.45. The molecule has 0 aliphatic carbocycles. The summed E-state index contributed by atoms with van der Waals surface area (Å²) >= 11 is 1.42. The second kappa shape index (κ2) is 7.25. The summed E-state index contributed by atoms with van der Waals surface area (Å²) < 4.78 is 0. The number of fused-ring (bicyclic) bond motifs is 1. The average molecular weight is 387 g/mol. The van der Waals surface area contributed by atoms with Crippen LogP contribution < -0.4 is 16.0 Å². The van der Waals surface area contributed by atoms with Crippen LogP contribution in [0, 0.1) is 0 Å². The van der Waals surface area contributed by atoms with Crippen molar-refractivity contribution in [2.24, 2.45) is 0 Å². The van der Waals surface area contributed by atoms with Crippen molar-refractivity contribution < 1.29 is 9.63 Å². The number of aromatic nitrogens is 5. The van der Waals surface area contributed by atoms with Crippen LogP contribution in [0.4, 0.5) is 22.5 Å². The molecule has 1 atom stereocenters. The predicted molar refractivity (Wildman–Crippen MR) is 100 cm³/mol. The number of carbonyl (C=O) groups is 1. The van der Waals surface area contributed by atoms with Gasteiger partial charge in [-0.2, -0.15) is 4.98 Å². The Labute approximate surface area is 158 Å². The van der Waals surface area contributed by atoms with Gasteiger partial charge >= 0.3 is 6.09 Å².